The SMILES string of the molecule is N#Cc1ccc(OCC(=O)Nc2ccc(F)c(F)c2)c(Cl)c1. The van der Waals surface area contributed by atoms with Gasteiger partial charge in [0.2, 0.25) is 0 Å². The van der Waals surface area contributed by atoms with Gasteiger partial charge in [0, 0.05) is 11.8 Å². The summed E-state index contributed by atoms with van der Waals surface area (Å²) in [5.74, 6) is -2.39. The molecule has 1 N–H and O–H groups in total. The topological polar surface area (TPSA) is 62.1 Å². The average Bonchev–Trinajstić information content (AvgIpc) is 2.49. The van der Waals surface area contributed by atoms with Gasteiger partial charge in [-0.1, -0.05) is 11.6 Å². The highest BCUT2D eigenvalue weighted by atomic mass is 35.5. The number of halogens is 3. The summed E-state index contributed by atoms with van der Waals surface area (Å²) in [7, 11) is 0. The van der Waals surface area contributed by atoms with Crippen molar-refractivity contribution in [2.24, 2.45) is 0 Å². The minimum absolute atomic E-state index is 0.110. The van der Waals surface area contributed by atoms with Crippen molar-refractivity contribution < 1.29 is 18.3 Å². The highest BCUT2D eigenvalue weighted by Crippen LogP contribution is 2.25. The fourth-order valence-corrected chi connectivity index (χ4v) is 1.84. The number of nitrogens with one attached hydrogen (secondary N) is 1. The van der Waals surface area contributed by atoms with Crippen molar-refractivity contribution in [3.8, 4) is 11.8 Å². The summed E-state index contributed by atoms with van der Waals surface area (Å²) < 4.78 is 31.0. The number of hydrogen-bond donors (Lipinski definition) is 1. The smallest absolute Gasteiger partial charge is 0.262 e. The standard InChI is InChI=1S/C15H9ClF2N2O2/c16-11-5-9(7-19)1-4-14(11)22-8-15(21)20-10-2-3-12(17)13(18)6-10/h1-6H,8H2,(H,20,21). The molecule has 0 heterocycles. The molecule has 112 valence electrons. The van der Waals surface area contributed by atoms with Crippen LogP contribution in [0.4, 0.5) is 14.5 Å². The van der Waals surface area contributed by atoms with Crippen molar-refractivity contribution in [3.63, 3.8) is 0 Å². The van der Waals surface area contributed by atoms with Gasteiger partial charge >= 0.3 is 0 Å². The summed E-state index contributed by atoms with van der Waals surface area (Å²) >= 11 is 5.89. The van der Waals surface area contributed by atoms with Crippen LogP contribution in [-0.4, -0.2) is 12.5 Å². The first-order chi connectivity index (χ1) is 10.5. The van der Waals surface area contributed by atoms with Crippen molar-refractivity contribution >= 4 is 23.2 Å². The molecule has 2 rings (SSSR count). The van der Waals surface area contributed by atoms with E-state index in [1.54, 1.807) is 0 Å². The summed E-state index contributed by atoms with van der Waals surface area (Å²) in [4.78, 5) is 11.7. The van der Waals surface area contributed by atoms with E-state index in [9.17, 15) is 13.6 Å². The molecule has 1 amide bonds. The summed E-state index contributed by atoms with van der Waals surface area (Å²) in [6, 6.07) is 9.28. The van der Waals surface area contributed by atoms with Crippen LogP contribution < -0.4 is 10.1 Å². The van der Waals surface area contributed by atoms with Gasteiger partial charge in [-0.3, -0.25) is 4.79 Å². The maximum absolute atomic E-state index is 13.0. The molecule has 0 aliphatic heterocycles. The molecule has 0 unspecified atom stereocenters. The Morgan fingerprint density at radius 1 is 1.23 bits per heavy atom. The molecule has 22 heavy (non-hydrogen) atoms. The number of anilines is 1. The van der Waals surface area contributed by atoms with Gasteiger partial charge in [0.1, 0.15) is 5.75 Å². The zero-order valence-corrected chi connectivity index (χ0v) is 11.8. The second-order valence-electron chi connectivity index (χ2n) is 4.22. The van der Waals surface area contributed by atoms with Crippen LogP contribution in [-0.2, 0) is 4.79 Å². The van der Waals surface area contributed by atoms with Crippen LogP contribution in [0.2, 0.25) is 5.02 Å². The van der Waals surface area contributed by atoms with Crippen LogP contribution in [0.15, 0.2) is 36.4 Å². The number of carbonyl (C=O) groups is 1. The van der Waals surface area contributed by atoms with E-state index in [-0.39, 0.29) is 23.1 Å². The Balaban J connectivity index is 1.95. The molecular formula is C15H9ClF2N2O2. The first kappa shape index (κ1) is 15.7. The predicted octanol–water partition coefficient (Wildman–Crippen LogP) is 3.51. The van der Waals surface area contributed by atoms with E-state index in [1.807, 2.05) is 6.07 Å². The Kier molecular flexibility index (Phi) is 4.92. The van der Waals surface area contributed by atoms with Gasteiger partial charge in [-0.15, -0.1) is 0 Å². The van der Waals surface area contributed by atoms with E-state index in [0.717, 1.165) is 12.1 Å². The van der Waals surface area contributed by atoms with Gasteiger partial charge in [0.05, 0.1) is 16.7 Å². The van der Waals surface area contributed by atoms with Crippen molar-refractivity contribution in [2.75, 3.05) is 11.9 Å². The third-order valence-corrected chi connectivity index (χ3v) is 2.92. The highest BCUT2D eigenvalue weighted by Gasteiger charge is 2.09. The lowest BCUT2D eigenvalue weighted by Crippen LogP contribution is -2.20. The molecule has 0 aliphatic rings. The first-order valence-corrected chi connectivity index (χ1v) is 6.45. The number of ether oxygens (including phenoxy) is 1. The quantitative estimate of drug-likeness (QED) is 0.937. The number of hydrogen-bond acceptors (Lipinski definition) is 3. The Bertz CT molecular complexity index is 760. The molecule has 0 fully saturated rings. The molecule has 0 radical (unpaired) electrons. The summed E-state index contributed by atoms with van der Waals surface area (Å²) in [5, 5.41) is 11.3. The molecular weight excluding hydrogens is 314 g/mol. The second kappa shape index (κ2) is 6.87. The lowest BCUT2D eigenvalue weighted by atomic mass is 10.2. The average molecular weight is 323 g/mol. The van der Waals surface area contributed by atoms with Gasteiger partial charge in [0.15, 0.2) is 18.2 Å². The number of rotatable bonds is 4. The number of benzene rings is 2. The maximum atomic E-state index is 13.0. The Morgan fingerprint density at radius 2 is 2.00 bits per heavy atom. The van der Waals surface area contributed by atoms with E-state index in [0.29, 0.717) is 5.56 Å². The van der Waals surface area contributed by atoms with Crippen molar-refractivity contribution in [1.82, 2.24) is 0 Å². The van der Waals surface area contributed by atoms with E-state index in [4.69, 9.17) is 21.6 Å². The largest absolute Gasteiger partial charge is 0.482 e. The maximum Gasteiger partial charge on any atom is 0.262 e. The van der Waals surface area contributed by atoms with E-state index in [2.05, 4.69) is 5.32 Å². The lowest BCUT2D eigenvalue weighted by Gasteiger charge is -2.09. The molecule has 2 aromatic rings. The third kappa shape index (κ3) is 3.93. The lowest BCUT2D eigenvalue weighted by molar-refractivity contribution is -0.118. The molecule has 2 aromatic carbocycles. The second-order valence-corrected chi connectivity index (χ2v) is 4.63. The number of nitrogens with zero attached hydrogens (tertiary/aromatic N) is 1. The molecule has 0 aromatic heterocycles. The van der Waals surface area contributed by atoms with Gasteiger partial charge in [-0.2, -0.15) is 5.26 Å². The minimum atomic E-state index is -1.06. The molecule has 0 bridgehead atoms. The number of amides is 1. The van der Waals surface area contributed by atoms with Crippen LogP contribution in [0, 0.1) is 23.0 Å². The fourth-order valence-electron chi connectivity index (χ4n) is 1.60. The summed E-state index contributed by atoms with van der Waals surface area (Å²) in [5.41, 5.74) is 0.474. The van der Waals surface area contributed by atoms with E-state index in [1.165, 1.54) is 24.3 Å². The van der Waals surface area contributed by atoms with Gasteiger partial charge in [0.25, 0.3) is 5.91 Å². The summed E-state index contributed by atoms with van der Waals surface area (Å²) in [6.07, 6.45) is 0. The normalized spacial score (nSPS) is 9.91. The molecule has 7 heteroatoms. The van der Waals surface area contributed by atoms with Gasteiger partial charge in [-0.05, 0) is 30.3 Å². The Morgan fingerprint density at radius 3 is 2.64 bits per heavy atom. The van der Waals surface area contributed by atoms with E-state index < -0.39 is 17.5 Å². The predicted molar refractivity (Wildman–Crippen MR) is 76.6 cm³/mol. The monoisotopic (exact) mass is 322 g/mol. The molecule has 0 atom stereocenters. The van der Waals surface area contributed by atoms with Gasteiger partial charge in [-0.25, -0.2) is 8.78 Å². The molecule has 0 spiro atoms. The molecule has 0 saturated carbocycles. The van der Waals surface area contributed by atoms with Crippen LogP contribution >= 0.6 is 11.6 Å². The fraction of sp³-hybridized carbons (Fsp3) is 0.0667. The molecule has 0 saturated heterocycles. The molecule has 0 aliphatic carbocycles. The molecule has 4 nitrogen and oxygen atoms in total. The third-order valence-electron chi connectivity index (χ3n) is 2.62. The van der Waals surface area contributed by atoms with Crippen molar-refractivity contribution in [1.29, 1.82) is 5.26 Å². The van der Waals surface area contributed by atoms with Crippen LogP contribution in [0.5, 0.6) is 5.75 Å². The van der Waals surface area contributed by atoms with Crippen LogP contribution in [0.1, 0.15) is 5.56 Å². The zero-order chi connectivity index (χ0) is 16.1. The first-order valence-electron chi connectivity index (χ1n) is 6.07. The van der Waals surface area contributed by atoms with Crippen molar-refractivity contribution in [2.45, 2.75) is 0 Å². The zero-order valence-electron chi connectivity index (χ0n) is 11.1. The van der Waals surface area contributed by atoms with Crippen LogP contribution in [0.3, 0.4) is 0 Å². The van der Waals surface area contributed by atoms with E-state index >= 15 is 0 Å². The minimum Gasteiger partial charge on any atom is -0.482 e. The number of carbonyl (C=O) groups excluding carboxylic acids is 1. The highest BCUT2D eigenvalue weighted by molar-refractivity contribution is 6.32. The Hall–Kier alpha value is -2.65. The Labute approximate surface area is 129 Å². The van der Waals surface area contributed by atoms with Crippen molar-refractivity contribution in [3.05, 3.63) is 58.6 Å². The summed E-state index contributed by atoms with van der Waals surface area (Å²) in [6.45, 7) is -0.370. The number of nitriles is 1. The van der Waals surface area contributed by atoms with Gasteiger partial charge < -0.3 is 10.1 Å². The van der Waals surface area contributed by atoms with Crippen LogP contribution in [0.25, 0.3) is 0 Å².